The van der Waals surface area contributed by atoms with Crippen LogP contribution in [-0.4, -0.2) is 18.1 Å². The number of thiazole rings is 1. The van der Waals surface area contributed by atoms with Crippen LogP contribution in [-0.2, 0) is 0 Å². The molecule has 3 heteroatoms. The lowest BCUT2D eigenvalue weighted by atomic mass is 9.96. The number of rotatable bonds is 2. The number of hydrogen-bond acceptors (Lipinski definition) is 3. The Balaban J connectivity index is 2.08. The Morgan fingerprint density at radius 2 is 2.36 bits per heavy atom. The van der Waals surface area contributed by atoms with Crippen molar-refractivity contribution >= 4 is 16.5 Å². The molecule has 78 valence electrons. The van der Waals surface area contributed by atoms with Crippen molar-refractivity contribution < 1.29 is 0 Å². The lowest BCUT2D eigenvalue weighted by Gasteiger charge is -2.13. The second kappa shape index (κ2) is 3.89. The van der Waals surface area contributed by atoms with Crippen LogP contribution in [0.2, 0.25) is 0 Å². The zero-order chi connectivity index (χ0) is 10.1. The third-order valence-corrected chi connectivity index (χ3v) is 4.15. The van der Waals surface area contributed by atoms with Crippen LogP contribution in [0.1, 0.15) is 25.1 Å². The highest BCUT2D eigenvalue weighted by molar-refractivity contribution is 7.15. The molecule has 1 aliphatic heterocycles. The highest BCUT2D eigenvalue weighted by Gasteiger charge is 2.29. The predicted molar refractivity (Wildman–Crippen MR) is 62.0 cm³/mol. The fourth-order valence-electron chi connectivity index (χ4n) is 2.21. The van der Waals surface area contributed by atoms with Gasteiger partial charge in [0.15, 0.2) is 5.13 Å². The molecule has 0 amide bonds. The lowest BCUT2D eigenvalue weighted by Crippen LogP contribution is -2.19. The van der Waals surface area contributed by atoms with Gasteiger partial charge in [-0.25, -0.2) is 4.98 Å². The van der Waals surface area contributed by atoms with Crippen LogP contribution in [0.3, 0.4) is 0 Å². The Morgan fingerprint density at radius 1 is 1.57 bits per heavy atom. The topological polar surface area (TPSA) is 16.1 Å². The molecule has 1 aromatic heterocycles. The maximum Gasteiger partial charge on any atom is 0.185 e. The summed E-state index contributed by atoms with van der Waals surface area (Å²) in [5.41, 5.74) is 0. The van der Waals surface area contributed by atoms with Crippen molar-refractivity contribution in [3.63, 3.8) is 0 Å². The summed E-state index contributed by atoms with van der Waals surface area (Å²) >= 11 is 1.81. The van der Waals surface area contributed by atoms with Crippen molar-refractivity contribution in [3.05, 3.63) is 11.1 Å². The second-order valence-electron chi connectivity index (χ2n) is 4.30. The van der Waals surface area contributed by atoms with Gasteiger partial charge in [0.25, 0.3) is 0 Å². The molecular weight excluding hydrogens is 192 g/mol. The van der Waals surface area contributed by atoms with Gasteiger partial charge in [0.1, 0.15) is 0 Å². The summed E-state index contributed by atoms with van der Waals surface area (Å²) in [5, 5.41) is 1.21. The standard InChI is InChI=1S/C11H18N2S/c1-4-10-7-13(6-8(10)2)11-12-5-9(3)14-11/h5,8,10H,4,6-7H2,1-3H3/t8-,10+/m1/s1. The highest BCUT2D eigenvalue weighted by atomic mass is 32.1. The third kappa shape index (κ3) is 1.78. The van der Waals surface area contributed by atoms with Gasteiger partial charge >= 0.3 is 0 Å². The zero-order valence-electron chi connectivity index (χ0n) is 9.16. The number of anilines is 1. The monoisotopic (exact) mass is 210 g/mol. The first-order chi connectivity index (χ1) is 6.70. The second-order valence-corrected chi connectivity index (χ2v) is 5.52. The van der Waals surface area contributed by atoms with E-state index in [4.69, 9.17) is 0 Å². The Kier molecular flexibility index (Phi) is 2.77. The molecule has 2 nitrogen and oxygen atoms in total. The first-order valence-electron chi connectivity index (χ1n) is 5.38. The smallest absolute Gasteiger partial charge is 0.185 e. The van der Waals surface area contributed by atoms with Crippen LogP contribution >= 0.6 is 11.3 Å². The van der Waals surface area contributed by atoms with E-state index in [1.807, 2.05) is 17.5 Å². The van der Waals surface area contributed by atoms with Gasteiger partial charge < -0.3 is 4.90 Å². The largest absolute Gasteiger partial charge is 0.348 e. The van der Waals surface area contributed by atoms with Crippen LogP contribution < -0.4 is 4.90 Å². The molecule has 0 N–H and O–H groups in total. The fourth-order valence-corrected chi connectivity index (χ4v) is 2.99. The number of aromatic nitrogens is 1. The van der Waals surface area contributed by atoms with E-state index in [1.165, 1.54) is 29.5 Å². The Labute approximate surface area is 90.0 Å². The summed E-state index contributed by atoms with van der Waals surface area (Å²) in [6.45, 7) is 9.15. The molecule has 0 saturated carbocycles. The van der Waals surface area contributed by atoms with E-state index in [-0.39, 0.29) is 0 Å². The van der Waals surface area contributed by atoms with Gasteiger partial charge in [-0.15, -0.1) is 11.3 Å². The van der Waals surface area contributed by atoms with Gasteiger partial charge in [-0.2, -0.15) is 0 Å². The van der Waals surface area contributed by atoms with Gasteiger partial charge in [-0.3, -0.25) is 0 Å². The van der Waals surface area contributed by atoms with Crippen molar-refractivity contribution in [3.8, 4) is 0 Å². The molecule has 2 rings (SSSR count). The predicted octanol–water partition coefficient (Wildman–Crippen LogP) is 2.93. The molecule has 1 aromatic rings. The van der Waals surface area contributed by atoms with Gasteiger partial charge in [0, 0.05) is 24.2 Å². The first kappa shape index (κ1) is 9.97. The Hall–Kier alpha value is -0.570. The van der Waals surface area contributed by atoms with Crippen molar-refractivity contribution in [1.82, 2.24) is 4.98 Å². The molecule has 0 bridgehead atoms. The first-order valence-corrected chi connectivity index (χ1v) is 6.19. The average Bonchev–Trinajstić information content (AvgIpc) is 2.71. The van der Waals surface area contributed by atoms with E-state index in [0.29, 0.717) is 0 Å². The minimum atomic E-state index is 0.823. The normalized spacial score (nSPS) is 27.2. The quantitative estimate of drug-likeness (QED) is 0.746. The summed E-state index contributed by atoms with van der Waals surface area (Å²) in [4.78, 5) is 8.20. The molecule has 1 saturated heterocycles. The van der Waals surface area contributed by atoms with Gasteiger partial charge in [0.05, 0.1) is 0 Å². The molecule has 14 heavy (non-hydrogen) atoms. The van der Waals surface area contributed by atoms with Gasteiger partial charge in [0.2, 0.25) is 0 Å². The minimum absolute atomic E-state index is 0.823. The van der Waals surface area contributed by atoms with Crippen molar-refractivity contribution in [2.24, 2.45) is 11.8 Å². The fraction of sp³-hybridized carbons (Fsp3) is 0.727. The molecule has 0 spiro atoms. The van der Waals surface area contributed by atoms with E-state index < -0.39 is 0 Å². The van der Waals surface area contributed by atoms with E-state index in [9.17, 15) is 0 Å². The average molecular weight is 210 g/mol. The molecule has 0 radical (unpaired) electrons. The Bertz CT molecular complexity index is 308. The van der Waals surface area contributed by atoms with E-state index in [0.717, 1.165) is 11.8 Å². The van der Waals surface area contributed by atoms with Crippen LogP contribution in [0.15, 0.2) is 6.20 Å². The van der Waals surface area contributed by atoms with Crippen LogP contribution in [0.5, 0.6) is 0 Å². The van der Waals surface area contributed by atoms with Crippen molar-refractivity contribution in [2.75, 3.05) is 18.0 Å². The van der Waals surface area contributed by atoms with Crippen LogP contribution in [0.4, 0.5) is 5.13 Å². The maximum atomic E-state index is 4.45. The Morgan fingerprint density at radius 3 is 2.86 bits per heavy atom. The molecule has 0 aromatic carbocycles. The summed E-state index contributed by atoms with van der Waals surface area (Å²) in [6, 6.07) is 0. The van der Waals surface area contributed by atoms with Crippen LogP contribution in [0.25, 0.3) is 0 Å². The molecule has 2 heterocycles. The van der Waals surface area contributed by atoms with Gasteiger partial charge in [-0.1, -0.05) is 20.3 Å². The highest BCUT2D eigenvalue weighted by Crippen LogP contribution is 2.31. The minimum Gasteiger partial charge on any atom is -0.348 e. The molecular formula is C11H18N2S. The molecule has 2 atom stereocenters. The zero-order valence-corrected chi connectivity index (χ0v) is 9.97. The SMILES string of the molecule is CC[C@H]1CN(c2ncc(C)s2)C[C@H]1C. The third-order valence-electron chi connectivity index (χ3n) is 3.17. The summed E-state index contributed by atoms with van der Waals surface area (Å²) in [7, 11) is 0. The summed E-state index contributed by atoms with van der Waals surface area (Å²) in [6.07, 6.45) is 3.27. The molecule has 0 aliphatic carbocycles. The van der Waals surface area contributed by atoms with Gasteiger partial charge in [-0.05, 0) is 18.8 Å². The summed E-state index contributed by atoms with van der Waals surface area (Å²) in [5.74, 6) is 1.68. The lowest BCUT2D eigenvalue weighted by molar-refractivity contribution is 0.440. The molecule has 0 unspecified atom stereocenters. The van der Waals surface area contributed by atoms with E-state index in [1.54, 1.807) is 0 Å². The van der Waals surface area contributed by atoms with E-state index >= 15 is 0 Å². The van der Waals surface area contributed by atoms with Crippen molar-refractivity contribution in [1.29, 1.82) is 0 Å². The number of hydrogen-bond donors (Lipinski definition) is 0. The molecule has 1 fully saturated rings. The number of nitrogens with zero attached hydrogens (tertiary/aromatic N) is 2. The van der Waals surface area contributed by atoms with Crippen molar-refractivity contribution in [2.45, 2.75) is 27.2 Å². The molecule has 1 aliphatic rings. The number of aryl methyl sites for hydroxylation is 1. The van der Waals surface area contributed by atoms with Crippen LogP contribution in [0, 0.1) is 18.8 Å². The maximum absolute atomic E-state index is 4.45. The van der Waals surface area contributed by atoms with E-state index in [2.05, 4.69) is 30.7 Å². The summed E-state index contributed by atoms with van der Waals surface area (Å²) < 4.78 is 0.